The van der Waals surface area contributed by atoms with Crippen molar-refractivity contribution in [3.63, 3.8) is 0 Å². The van der Waals surface area contributed by atoms with Crippen molar-refractivity contribution in [2.45, 2.75) is 32.6 Å². The molecule has 0 heterocycles. The summed E-state index contributed by atoms with van der Waals surface area (Å²) < 4.78 is 0. The molecule has 1 saturated carbocycles. The molecule has 1 aliphatic rings. The van der Waals surface area contributed by atoms with Crippen LogP contribution in [0, 0.1) is 16.0 Å². The highest BCUT2D eigenvalue weighted by molar-refractivity contribution is 5.95. The van der Waals surface area contributed by atoms with E-state index in [-0.39, 0.29) is 11.6 Å². The molecule has 6 nitrogen and oxygen atoms in total. The quantitative estimate of drug-likeness (QED) is 0.597. The molecule has 114 valence electrons. The summed E-state index contributed by atoms with van der Waals surface area (Å²) in [5.41, 5.74) is 0.821. The van der Waals surface area contributed by atoms with Crippen molar-refractivity contribution in [2.75, 3.05) is 18.4 Å². The summed E-state index contributed by atoms with van der Waals surface area (Å²) in [6.45, 7) is 3.08. The number of nitro benzene ring substituents is 1. The molecule has 2 N–H and O–H groups in total. The Morgan fingerprint density at radius 2 is 2.19 bits per heavy atom. The molecule has 1 aromatic carbocycles. The maximum absolute atomic E-state index is 12.1. The van der Waals surface area contributed by atoms with E-state index < -0.39 is 4.92 Å². The maximum Gasteiger partial charge on any atom is 0.292 e. The van der Waals surface area contributed by atoms with Gasteiger partial charge in [0, 0.05) is 24.7 Å². The lowest BCUT2D eigenvalue weighted by atomic mass is 9.83. The number of anilines is 1. The standard InChI is InChI=1S/C15H21N3O3/c1-2-16-13-10-12(6-7-14(13)18(20)21)15(19)17-9-8-11-4-3-5-11/h6-7,10-11,16H,2-5,8-9H2,1H3,(H,17,19). The Labute approximate surface area is 124 Å². The molecule has 0 aromatic heterocycles. The molecule has 2 rings (SSSR count). The Hall–Kier alpha value is -2.11. The number of nitro groups is 1. The zero-order valence-corrected chi connectivity index (χ0v) is 12.2. The first kappa shape index (κ1) is 15.3. The van der Waals surface area contributed by atoms with E-state index in [0.29, 0.717) is 24.3 Å². The number of hydrogen-bond donors (Lipinski definition) is 2. The number of benzene rings is 1. The van der Waals surface area contributed by atoms with Crippen molar-refractivity contribution in [3.05, 3.63) is 33.9 Å². The molecule has 1 aliphatic carbocycles. The molecular formula is C15H21N3O3. The molecule has 0 unspecified atom stereocenters. The first-order valence-electron chi connectivity index (χ1n) is 7.42. The lowest BCUT2D eigenvalue weighted by molar-refractivity contribution is -0.384. The largest absolute Gasteiger partial charge is 0.380 e. The smallest absolute Gasteiger partial charge is 0.292 e. The van der Waals surface area contributed by atoms with Gasteiger partial charge < -0.3 is 10.6 Å². The van der Waals surface area contributed by atoms with Crippen molar-refractivity contribution in [3.8, 4) is 0 Å². The summed E-state index contributed by atoms with van der Waals surface area (Å²) in [7, 11) is 0. The first-order chi connectivity index (χ1) is 10.1. The molecule has 6 heteroatoms. The molecule has 1 fully saturated rings. The highest BCUT2D eigenvalue weighted by Crippen LogP contribution is 2.29. The first-order valence-corrected chi connectivity index (χ1v) is 7.42. The average Bonchev–Trinajstić information content (AvgIpc) is 2.41. The number of carbonyl (C=O) groups is 1. The van der Waals surface area contributed by atoms with Gasteiger partial charge in [-0.2, -0.15) is 0 Å². The Bertz CT molecular complexity index is 527. The van der Waals surface area contributed by atoms with Crippen LogP contribution in [0.15, 0.2) is 18.2 Å². The van der Waals surface area contributed by atoms with Crippen LogP contribution in [0.1, 0.15) is 43.0 Å². The molecule has 0 bridgehead atoms. The van der Waals surface area contributed by atoms with E-state index in [1.807, 2.05) is 6.92 Å². The van der Waals surface area contributed by atoms with E-state index >= 15 is 0 Å². The van der Waals surface area contributed by atoms with Crippen LogP contribution in [0.25, 0.3) is 0 Å². The summed E-state index contributed by atoms with van der Waals surface area (Å²) in [5, 5.41) is 16.7. The van der Waals surface area contributed by atoms with Crippen molar-refractivity contribution < 1.29 is 9.72 Å². The Kier molecular flexibility index (Phi) is 5.14. The summed E-state index contributed by atoms with van der Waals surface area (Å²) in [5.74, 6) is 0.572. The van der Waals surface area contributed by atoms with Gasteiger partial charge in [-0.3, -0.25) is 14.9 Å². The Morgan fingerprint density at radius 1 is 1.43 bits per heavy atom. The monoisotopic (exact) mass is 291 g/mol. The predicted molar refractivity (Wildman–Crippen MR) is 81.6 cm³/mol. The molecule has 0 aliphatic heterocycles. The highest BCUT2D eigenvalue weighted by atomic mass is 16.6. The van der Waals surface area contributed by atoms with Crippen molar-refractivity contribution in [2.24, 2.45) is 5.92 Å². The lowest BCUT2D eigenvalue weighted by Crippen LogP contribution is -2.27. The minimum atomic E-state index is -0.448. The van der Waals surface area contributed by atoms with Gasteiger partial charge in [0.2, 0.25) is 0 Å². The number of nitrogens with zero attached hydrogens (tertiary/aromatic N) is 1. The molecule has 0 saturated heterocycles. The molecule has 0 radical (unpaired) electrons. The van der Waals surface area contributed by atoms with Crippen LogP contribution in [-0.2, 0) is 0 Å². The zero-order chi connectivity index (χ0) is 15.2. The normalized spacial score (nSPS) is 14.3. The van der Waals surface area contributed by atoms with Crippen LogP contribution >= 0.6 is 0 Å². The molecular weight excluding hydrogens is 270 g/mol. The summed E-state index contributed by atoms with van der Waals surface area (Å²) in [6.07, 6.45) is 4.84. The third-order valence-corrected chi connectivity index (χ3v) is 3.89. The van der Waals surface area contributed by atoms with Crippen LogP contribution in [-0.4, -0.2) is 23.9 Å². The fourth-order valence-electron chi connectivity index (χ4n) is 2.44. The fraction of sp³-hybridized carbons (Fsp3) is 0.533. The van der Waals surface area contributed by atoms with Crippen LogP contribution in [0.3, 0.4) is 0 Å². The van der Waals surface area contributed by atoms with Gasteiger partial charge in [0.25, 0.3) is 11.6 Å². The van der Waals surface area contributed by atoms with Gasteiger partial charge in [-0.25, -0.2) is 0 Å². The number of hydrogen-bond acceptors (Lipinski definition) is 4. The van der Waals surface area contributed by atoms with Gasteiger partial charge in [-0.15, -0.1) is 0 Å². The van der Waals surface area contributed by atoms with E-state index in [0.717, 1.165) is 12.3 Å². The molecule has 0 atom stereocenters. The zero-order valence-electron chi connectivity index (χ0n) is 12.2. The lowest BCUT2D eigenvalue weighted by Gasteiger charge is -2.25. The number of carbonyl (C=O) groups excluding carboxylic acids is 1. The second-order valence-corrected chi connectivity index (χ2v) is 5.36. The van der Waals surface area contributed by atoms with Crippen LogP contribution in [0.5, 0.6) is 0 Å². The molecule has 1 amide bonds. The van der Waals surface area contributed by atoms with Crippen LogP contribution in [0.2, 0.25) is 0 Å². The van der Waals surface area contributed by atoms with Crippen LogP contribution < -0.4 is 10.6 Å². The van der Waals surface area contributed by atoms with Gasteiger partial charge >= 0.3 is 0 Å². The average molecular weight is 291 g/mol. The third-order valence-electron chi connectivity index (χ3n) is 3.89. The second-order valence-electron chi connectivity index (χ2n) is 5.36. The van der Waals surface area contributed by atoms with E-state index in [1.54, 1.807) is 6.07 Å². The molecule has 21 heavy (non-hydrogen) atoms. The summed E-state index contributed by atoms with van der Waals surface area (Å²) >= 11 is 0. The van der Waals surface area contributed by atoms with Crippen molar-refractivity contribution in [1.29, 1.82) is 0 Å². The van der Waals surface area contributed by atoms with E-state index in [9.17, 15) is 14.9 Å². The maximum atomic E-state index is 12.1. The van der Waals surface area contributed by atoms with Crippen molar-refractivity contribution >= 4 is 17.3 Å². The Balaban J connectivity index is 1.98. The third kappa shape index (κ3) is 3.93. The summed E-state index contributed by atoms with van der Waals surface area (Å²) in [4.78, 5) is 22.5. The highest BCUT2D eigenvalue weighted by Gasteiger charge is 2.18. The van der Waals surface area contributed by atoms with Gasteiger partial charge in [-0.05, 0) is 31.4 Å². The van der Waals surface area contributed by atoms with Gasteiger partial charge in [0.05, 0.1) is 4.92 Å². The number of amides is 1. The molecule has 0 spiro atoms. The number of nitrogens with one attached hydrogen (secondary N) is 2. The van der Waals surface area contributed by atoms with Gasteiger partial charge in [0.15, 0.2) is 0 Å². The number of rotatable bonds is 7. The van der Waals surface area contributed by atoms with E-state index in [1.165, 1.54) is 31.4 Å². The topological polar surface area (TPSA) is 84.3 Å². The molecule has 1 aromatic rings. The minimum Gasteiger partial charge on any atom is -0.380 e. The minimum absolute atomic E-state index is 0.0112. The van der Waals surface area contributed by atoms with Gasteiger partial charge in [0.1, 0.15) is 5.69 Å². The second kappa shape index (κ2) is 7.06. The van der Waals surface area contributed by atoms with Crippen molar-refractivity contribution in [1.82, 2.24) is 5.32 Å². The van der Waals surface area contributed by atoms with Crippen LogP contribution in [0.4, 0.5) is 11.4 Å². The van der Waals surface area contributed by atoms with Gasteiger partial charge in [-0.1, -0.05) is 19.3 Å². The fourth-order valence-corrected chi connectivity index (χ4v) is 2.44. The SMILES string of the molecule is CCNc1cc(C(=O)NCCC2CCC2)ccc1[N+](=O)[O-]. The Morgan fingerprint density at radius 3 is 2.76 bits per heavy atom. The van der Waals surface area contributed by atoms with E-state index in [4.69, 9.17) is 0 Å². The van der Waals surface area contributed by atoms with E-state index in [2.05, 4.69) is 10.6 Å². The summed E-state index contributed by atoms with van der Waals surface area (Å²) in [6, 6.07) is 4.41. The predicted octanol–water partition coefficient (Wildman–Crippen LogP) is 2.95.